The largest absolute Gasteiger partial charge is 0.494 e. The second-order valence-corrected chi connectivity index (χ2v) is 3.96. The summed E-state index contributed by atoms with van der Waals surface area (Å²) in [6.07, 6.45) is 1.88. The van der Waals surface area contributed by atoms with Crippen LogP contribution in [0.3, 0.4) is 0 Å². The maximum Gasteiger partial charge on any atom is 0.233 e. The number of nitrogens with two attached hydrogens (primary N) is 1. The van der Waals surface area contributed by atoms with Crippen LogP contribution in [-0.2, 0) is 4.79 Å². The standard InChI is InChI=1S/C13H18N2O3/c1-10(16)11-5-4-6-12(9-11)18-8-3-2-7-13(17)15-14/h4-6,9H,2-3,7-8,14H2,1H3,(H,15,17). The van der Waals surface area contributed by atoms with Crippen LogP contribution < -0.4 is 16.0 Å². The van der Waals surface area contributed by atoms with Gasteiger partial charge in [0.05, 0.1) is 6.61 Å². The second kappa shape index (κ2) is 7.45. The smallest absolute Gasteiger partial charge is 0.233 e. The Balaban J connectivity index is 2.29. The Morgan fingerprint density at radius 3 is 2.78 bits per heavy atom. The molecule has 0 aliphatic heterocycles. The molecule has 1 aromatic carbocycles. The molecule has 0 fully saturated rings. The molecular weight excluding hydrogens is 232 g/mol. The summed E-state index contributed by atoms with van der Waals surface area (Å²) in [5, 5.41) is 0. The highest BCUT2D eigenvalue weighted by atomic mass is 16.5. The van der Waals surface area contributed by atoms with Crippen molar-refractivity contribution in [1.82, 2.24) is 5.43 Å². The molecule has 1 aromatic rings. The quantitative estimate of drug-likeness (QED) is 0.252. The lowest BCUT2D eigenvalue weighted by atomic mass is 10.1. The van der Waals surface area contributed by atoms with Gasteiger partial charge < -0.3 is 4.74 Å². The van der Waals surface area contributed by atoms with E-state index in [4.69, 9.17) is 10.6 Å². The summed E-state index contributed by atoms with van der Waals surface area (Å²) < 4.78 is 5.50. The van der Waals surface area contributed by atoms with Crippen LogP contribution in [0, 0.1) is 0 Å². The number of nitrogens with one attached hydrogen (secondary N) is 1. The van der Waals surface area contributed by atoms with Gasteiger partial charge in [-0.25, -0.2) is 5.84 Å². The van der Waals surface area contributed by atoms with Gasteiger partial charge in [-0.3, -0.25) is 15.0 Å². The first-order valence-corrected chi connectivity index (χ1v) is 5.86. The zero-order valence-electron chi connectivity index (χ0n) is 10.4. The summed E-state index contributed by atoms with van der Waals surface area (Å²) in [7, 11) is 0. The SMILES string of the molecule is CC(=O)c1cccc(OCCCCC(=O)NN)c1. The number of carbonyl (C=O) groups excluding carboxylic acids is 2. The van der Waals surface area contributed by atoms with Crippen molar-refractivity contribution in [2.24, 2.45) is 5.84 Å². The summed E-state index contributed by atoms with van der Waals surface area (Å²) in [4.78, 5) is 22.0. The van der Waals surface area contributed by atoms with E-state index in [1.807, 2.05) is 0 Å². The minimum atomic E-state index is -0.173. The molecule has 0 spiro atoms. The highest BCUT2D eigenvalue weighted by Gasteiger charge is 2.01. The van der Waals surface area contributed by atoms with Crippen molar-refractivity contribution >= 4 is 11.7 Å². The lowest BCUT2D eigenvalue weighted by Gasteiger charge is -2.06. The van der Waals surface area contributed by atoms with Crippen LogP contribution >= 0.6 is 0 Å². The van der Waals surface area contributed by atoms with Crippen LogP contribution in [0.25, 0.3) is 0 Å². The van der Waals surface area contributed by atoms with Crippen molar-refractivity contribution in [2.45, 2.75) is 26.2 Å². The molecule has 1 rings (SSSR count). The van der Waals surface area contributed by atoms with Gasteiger partial charge in [0.15, 0.2) is 5.78 Å². The monoisotopic (exact) mass is 250 g/mol. The molecular formula is C13H18N2O3. The van der Waals surface area contributed by atoms with E-state index in [-0.39, 0.29) is 11.7 Å². The molecule has 1 amide bonds. The van der Waals surface area contributed by atoms with Gasteiger partial charge in [-0.15, -0.1) is 0 Å². The van der Waals surface area contributed by atoms with E-state index in [1.54, 1.807) is 24.3 Å². The zero-order valence-corrected chi connectivity index (χ0v) is 10.4. The summed E-state index contributed by atoms with van der Waals surface area (Å²) in [5.74, 6) is 5.47. The molecule has 0 aliphatic carbocycles. The van der Waals surface area contributed by atoms with Gasteiger partial charge in [-0.05, 0) is 31.9 Å². The molecule has 5 nitrogen and oxygen atoms in total. The van der Waals surface area contributed by atoms with Crippen molar-refractivity contribution in [1.29, 1.82) is 0 Å². The maximum atomic E-state index is 11.2. The summed E-state index contributed by atoms with van der Waals surface area (Å²) in [6.45, 7) is 2.03. The summed E-state index contributed by atoms with van der Waals surface area (Å²) >= 11 is 0. The highest BCUT2D eigenvalue weighted by molar-refractivity contribution is 5.94. The van der Waals surface area contributed by atoms with Crippen LogP contribution in [0.4, 0.5) is 0 Å². The average molecular weight is 250 g/mol. The number of hydrogen-bond acceptors (Lipinski definition) is 4. The van der Waals surface area contributed by atoms with E-state index < -0.39 is 0 Å². The molecule has 0 aromatic heterocycles. The molecule has 18 heavy (non-hydrogen) atoms. The van der Waals surface area contributed by atoms with E-state index in [0.29, 0.717) is 24.3 Å². The summed E-state index contributed by atoms with van der Waals surface area (Å²) in [6, 6.07) is 7.06. The number of unbranched alkanes of at least 4 members (excludes halogenated alkanes) is 1. The van der Waals surface area contributed by atoms with Crippen LogP contribution in [0.15, 0.2) is 24.3 Å². The van der Waals surface area contributed by atoms with Crippen molar-refractivity contribution in [3.05, 3.63) is 29.8 Å². The second-order valence-electron chi connectivity index (χ2n) is 3.96. The van der Waals surface area contributed by atoms with Crippen molar-refractivity contribution < 1.29 is 14.3 Å². The Kier molecular flexibility index (Phi) is 5.87. The van der Waals surface area contributed by atoms with Crippen molar-refractivity contribution in [3.63, 3.8) is 0 Å². The lowest BCUT2D eigenvalue weighted by molar-refractivity contribution is -0.121. The maximum absolute atomic E-state index is 11.2. The number of ether oxygens (including phenoxy) is 1. The Morgan fingerprint density at radius 2 is 2.11 bits per heavy atom. The number of amides is 1. The molecule has 0 saturated heterocycles. The fourth-order valence-electron chi connectivity index (χ4n) is 1.45. The Morgan fingerprint density at radius 1 is 1.33 bits per heavy atom. The highest BCUT2D eigenvalue weighted by Crippen LogP contribution is 2.14. The number of hydrogen-bond donors (Lipinski definition) is 2. The van der Waals surface area contributed by atoms with Crippen LogP contribution in [0.1, 0.15) is 36.5 Å². The average Bonchev–Trinajstić information content (AvgIpc) is 2.38. The van der Waals surface area contributed by atoms with E-state index in [2.05, 4.69) is 5.43 Å². The van der Waals surface area contributed by atoms with Gasteiger partial charge in [-0.2, -0.15) is 0 Å². The molecule has 0 radical (unpaired) electrons. The van der Waals surface area contributed by atoms with Crippen LogP contribution in [-0.4, -0.2) is 18.3 Å². The number of hydrazine groups is 1. The van der Waals surface area contributed by atoms with Crippen LogP contribution in [0.2, 0.25) is 0 Å². The van der Waals surface area contributed by atoms with Crippen molar-refractivity contribution in [3.8, 4) is 5.75 Å². The normalized spacial score (nSPS) is 9.89. The minimum absolute atomic E-state index is 0.0140. The Bertz CT molecular complexity index is 418. The van der Waals surface area contributed by atoms with E-state index in [9.17, 15) is 9.59 Å². The van der Waals surface area contributed by atoms with Gasteiger partial charge in [0.2, 0.25) is 5.91 Å². The Labute approximate surface area is 106 Å². The van der Waals surface area contributed by atoms with E-state index >= 15 is 0 Å². The third-order valence-corrected chi connectivity index (χ3v) is 2.47. The van der Waals surface area contributed by atoms with E-state index in [0.717, 1.165) is 12.8 Å². The fourth-order valence-corrected chi connectivity index (χ4v) is 1.45. The third-order valence-electron chi connectivity index (χ3n) is 2.47. The molecule has 0 atom stereocenters. The number of carbonyl (C=O) groups is 2. The molecule has 0 bridgehead atoms. The number of benzene rings is 1. The van der Waals surface area contributed by atoms with Gasteiger partial charge in [0.1, 0.15) is 5.75 Å². The lowest BCUT2D eigenvalue weighted by Crippen LogP contribution is -2.29. The molecule has 0 saturated carbocycles. The topological polar surface area (TPSA) is 81.4 Å². The number of Topliss-reactive ketones (excluding diaryl/α,β-unsaturated/α-hetero) is 1. The predicted octanol–water partition coefficient (Wildman–Crippen LogP) is 1.43. The first kappa shape index (κ1) is 14.2. The van der Waals surface area contributed by atoms with Gasteiger partial charge in [0.25, 0.3) is 0 Å². The van der Waals surface area contributed by atoms with Crippen molar-refractivity contribution in [2.75, 3.05) is 6.61 Å². The van der Waals surface area contributed by atoms with Gasteiger partial charge in [-0.1, -0.05) is 12.1 Å². The fraction of sp³-hybridized carbons (Fsp3) is 0.385. The molecule has 0 heterocycles. The molecule has 3 N–H and O–H groups in total. The zero-order chi connectivity index (χ0) is 13.4. The van der Waals surface area contributed by atoms with Gasteiger partial charge in [0, 0.05) is 12.0 Å². The van der Waals surface area contributed by atoms with Crippen LogP contribution in [0.5, 0.6) is 5.75 Å². The van der Waals surface area contributed by atoms with Gasteiger partial charge >= 0.3 is 0 Å². The number of rotatable bonds is 7. The minimum Gasteiger partial charge on any atom is -0.494 e. The molecule has 0 aliphatic rings. The third kappa shape index (κ3) is 4.97. The molecule has 98 valence electrons. The molecule has 5 heteroatoms. The first-order valence-electron chi connectivity index (χ1n) is 5.86. The predicted molar refractivity (Wildman–Crippen MR) is 68.1 cm³/mol. The molecule has 0 unspecified atom stereocenters. The number of ketones is 1. The summed E-state index contributed by atoms with van der Waals surface area (Å²) in [5.41, 5.74) is 2.71. The van der Waals surface area contributed by atoms with E-state index in [1.165, 1.54) is 6.92 Å². The Hall–Kier alpha value is -1.88. The first-order chi connectivity index (χ1) is 8.63.